The maximum Gasteiger partial charge on any atom is 0.180 e. The van der Waals surface area contributed by atoms with E-state index in [-0.39, 0.29) is 0 Å². The zero-order valence-corrected chi connectivity index (χ0v) is 11.6. The van der Waals surface area contributed by atoms with Gasteiger partial charge in [-0.1, -0.05) is 0 Å². The van der Waals surface area contributed by atoms with E-state index in [4.69, 9.17) is 4.74 Å². The van der Waals surface area contributed by atoms with Crippen molar-refractivity contribution in [3.05, 3.63) is 28.8 Å². The third-order valence-corrected chi connectivity index (χ3v) is 3.08. The smallest absolute Gasteiger partial charge is 0.180 e. The van der Waals surface area contributed by atoms with E-state index < -0.39 is 0 Å². The van der Waals surface area contributed by atoms with Gasteiger partial charge in [0.25, 0.3) is 0 Å². The summed E-state index contributed by atoms with van der Waals surface area (Å²) in [7, 11) is 3.42. The molecule has 2 heterocycles. The third-order valence-electron chi connectivity index (χ3n) is 2.25. The molecule has 0 saturated heterocycles. The summed E-state index contributed by atoms with van der Waals surface area (Å²) in [5, 5.41) is 3.01. The van der Waals surface area contributed by atoms with Crippen LogP contribution in [0.4, 0.5) is 5.82 Å². The number of hydrogen-bond acceptors (Lipinski definition) is 6. The Labute approximate surface area is 113 Å². The van der Waals surface area contributed by atoms with Crippen molar-refractivity contribution in [2.45, 2.75) is 6.61 Å². The van der Waals surface area contributed by atoms with Crippen molar-refractivity contribution < 1.29 is 4.74 Å². The number of aromatic nitrogens is 4. The maximum atomic E-state index is 5.12. The van der Waals surface area contributed by atoms with Crippen LogP contribution in [0.1, 0.15) is 5.69 Å². The quantitative estimate of drug-likeness (QED) is 0.929. The second kappa shape index (κ2) is 5.83. The van der Waals surface area contributed by atoms with Crippen molar-refractivity contribution in [3.63, 3.8) is 0 Å². The number of nitrogens with one attached hydrogen (secondary N) is 1. The SMILES string of the molecule is CNc1nc(-c2ccncn2)nc(COC)c1Br. The minimum absolute atomic E-state index is 0.399. The molecule has 0 amide bonds. The molecule has 94 valence electrons. The Bertz CT molecular complexity index is 534. The molecule has 2 aromatic heterocycles. The molecule has 1 N–H and O–H groups in total. The lowest BCUT2D eigenvalue weighted by molar-refractivity contribution is 0.181. The zero-order chi connectivity index (χ0) is 13.0. The molecule has 7 heteroatoms. The zero-order valence-electron chi connectivity index (χ0n) is 10.0. The van der Waals surface area contributed by atoms with Gasteiger partial charge in [0.2, 0.25) is 0 Å². The Hall–Kier alpha value is -1.60. The summed E-state index contributed by atoms with van der Waals surface area (Å²) >= 11 is 3.45. The molecule has 2 rings (SSSR count). The lowest BCUT2D eigenvalue weighted by atomic mass is 10.3. The first kappa shape index (κ1) is 12.8. The number of ether oxygens (including phenoxy) is 1. The van der Waals surface area contributed by atoms with Crippen LogP contribution in [0.3, 0.4) is 0 Å². The average Bonchev–Trinajstić information content (AvgIpc) is 2.42. The highest BCUT2D eigenvalue weighted by Gasteiger charge is 2.13. The van der Waals surface area contributed by atoms with Crippen molar-refractivity contribution in [1.82, 2.24) is 19.9 Å². The molecular formula is C11H12BrN5O. The lowest BCUT2D eigenvalue weighted by Gasteiger charge is -2.10. The highest BCUT2D eigenvalue weighted by molar-refractivity contribution is 9.10. The van der Waals surface area contributed by atoms with Crippen molar-refractivity contribution in [2.75, 3.05) is 19.5 Å². The molecule has 0 bridgehead atoms. The van der Waals surface area contributed by atoms with Gasteiger partial charge in [0.05, 0.1) is 16.8 Å². The topological polar surface area (TPSA) is 72.8 Å². The van der Waals surface area contributed by atoms with Crippen molar-refractivity contribution >= 4 is 21.7 Å². The number of methoxy groups -OCH3 is 1. The molecular weight excluding hydrogens is 298 g/mol. The molecule has 0 aliphatic carbocycles. The van der Waals surface area contributed by atoms with Gasteiger partial charge in [0, 0.05) is 20.4 Å². The molecule has 0 saturated carbocycles. The van der Waals surface area contributed by atoms with Gasteiger partial charge in [-0.3, -0.25) is 0 Å². The number of nitrogens with zero attached hydrogens (tertiary/aromatic N) is 4. The number of rotatable bonds is 4. The second-order valence-electron chi connectivity index (χ2n) is 3.43. The third kappa shape index (κ3) is 2.62. The minimum atomic E-state index is 0.399. The summed E-state index contributed by atoms with van der Waals surface area (Å²) < 4.78 is 5.91. The van der Waals surface area contributed by atoms with E-state index in [9.17, 15) is 0 Å². The fourth-order valence-electron chi connectivity index (χ4n) is 1.43. The molecule has 0 spiro atoms. The number of anilines is 1. The van der Waals surface area contributed by atoms with E-state index in [1.165, 1.54) is 6.33 Å². The summed E-state index contributed by atoms with van der Waals surface area (Å²) in [4.78, 5) is 16.8. The Morgan fingerprint density at radius 3 is 2.83 bits per heavy atom. The summed E-state index contributed by atoms with van der Waals surface area (Å²) in [6.45, 7) is 0.399. The van der Waals surface area contributed by atoms with Crippen LogP contribution in [0.25, 0.3) is 11.5 Å². The van der Waals surface area contributed by atoms with Crippen LogP contribution >= 0.6 is 15.9 Å². The highest BCUT2D eigenvalue weighted by Crippen LogP contribution is 2.26. The van der Waals surface area contributed by atoms with E-state index in [1.54, 1.807) is 26.4 Å². The van der Waals surface area contributed by atoms with Crippen molar-refractivity contribution in [3.8, 4) is 11.5 Å². The molecule has 18 heavy (non-hydrogen) atoms. The van der Waals surface area contributed by atoms with Gasteiger partial charge < -0.3 is 10.1 Å². The Morgan fingerprint density at radius 1 is 1.39 bits per heavy atom. The molecule has 0 atom stereocenters. The van der Waals surface area contributed by atoms with Crippen LogP contribution in [0, 0.1) is 0 Å². The predicted octanol–water partition coefficient (Wildman–Crippen LogP) is 1.88. The highest BCUT2D eigenvalue weighted by atomic mass is 79.9. The number of halogens is 1. The number of hydrogen-bond donors (Lipinski definition) is 1. The van der Waals surface area contributed by atoms with Crippen LogP contribution < -0.4 is 5.32 Å². The van der Waals surface area contributed by atoms with Crippen LogP contribution in [0.2, 0.25) is 0 Å². The predicted molar refractivity (Wildman–Crippen MR) is 71.0 cm³/mol. The Balaban J connectivity index is 2.52. The normalized spacial score (nSPS) is 10.4. The summed E-state index contributed by atoms with van der Waals surface area (Å²) in [6, 6.07) is 1.76. The van der Waals surface area contributed by atoms with E-state index in [0.717, 1.165) is 10.2 Å². The fraction of sp³-hybridized carbons (Fsp3) is 0.273. The maximum absolute atomic E-state index is 5.12. The van der Waals surface area contributed by atoms with Gasteiger partial charge >= 0.3 is 0 Å². The summed E-state index contributed by atoms with van der Waals surface area (Å²) in [5.74, 6) is 1.24. The van der Waals surface area contributed by atoms with Gasteiger partial charge in [0.1, 0.15) is 17.8 Å². The molecule has 0 fully saturated rings. The van der Waals surface area contributed by atoms with Crippen molar-refractivity contribution in [2.24, 2.45) is 0 Å². The molecule has 0 aromatic carbocycles. The van der Waals surface area contributed by atoms with Gasteiger partial charge in [-0.15, -0.1) is 0 Å². The molecule has 2 aromatic rings. The van der Waals surface area contributed by atoms with E-state index in [1.807, 2.05) is 0 Å². The standard InChI is InChI=1S/C11H12BrN5O/c1-13-11-9(12)8(5-18-2)16-10(17-11)7-3-4-14-6-15-7/h3-4,6H,5H2,1-2H3,(H,13,16,17). The van der Waals surface area contributed by atoms with Crippen LogP contribution in [0.15, 0.2) is 23.1 Å². The Kier molecular flexibility index (Phi) is 4.16. The fourth-order valence-corrected chi connectivity index (χ4v) is 1.92. The Morgan fingerprint density at radius 2 is 2.22 bits per heavy atom. The molecule has 0 aliphatic heterocycles. The van der Waals surface area contributed by atoms with E-state index in [0.29, 0.717) is 23.9 Å². The van der Waals surface area contributed by atoms with Crippen molar-refractivity contribution in [1.29, 1.82) is 0 Å². The van der Waals surface area contributed by atoms with Gasteiger partial charge in [-0.2, -0.15) is 0 Å². The first-order valence-corrected chi connectivity index (χ1v) is 6.05. The molecule has 0 aliphatic rings. The second-order valence-corrected chi connectivity index (χ2v) is 4.23. The summed E-state index contributed by atoms with van der Waals surface area (Å²) in [6.07, 6.45) is 3.12. The first-order chi connectivity index (χ1) is 8.76. The lowest BCUT2D eigenvalue weighted by Crippen LogP contribution is -2.04. The largest absolute Gasteiger partial charge is 0.378 e. The average molecular weight is 310 g/mol. The minimum Gasteiger partial charge on any atom is -0.378 e. The van der Waals surface area contributed by atoms with Gasteiger partial charge in [-0.25, -0.2) is 19.9 Å². The molecule has 6 nitrogen and oxygen atoms in total. The van der Waals surface area contributed by atoms with Crippen LogP contribution in [-0.2, 0) is 11.3 Å². The first-order valence-electron chi connectivity index (χ1n) is 5.25. The molecule has 0 unspecified atom stereocenters. The van der Waals surface area contributed by atoms with E-state index >= 15 is 0 Å². The van der Waals surface area contributed by atoms with Crippen LogP contribution in [-0.4, -0.2) is 34.1 Å². The van der Waals surface area contributed by atoms with Gasteiger partial charge in [-0.05, 0) is 22.0 Å². The van der Waals surface area contributed by atoms with Crippen LogP contribution in [0.5, 0.6) is 0 Å². The monoisotopic (exact) mass is 309 g/mol. The van der Waals surface area contributed by atoms with E-state index in [2.05, 4.69) is 41.2 Å². The van der Waals surface area contributed by atoms with Gasteiger partial charge in [0.15, 0.2) is 5.82 Å². The molecule has 0 radical (unpaired) electrons. The summed E-state index contributed by atoms with van der Waals surface area (Å²) in [5.41, 5.74) is 1.44.